The maximum absolute atomic E-state index is 12.3. The van der Waals surface area contributed by atoms with Crippen LogP contribution >= 0.6 is 11.3 Å². The van der Waals surface area contributed by atoms with Crippen molar-refractivity contribution in [1.29, 1.82) is 0 Å². The molecule has 0 bridgehead atoms. The Labute approximate surface area is 156 Å². The van der Waals surface area contributed by atoms with E-state index in [9.17, 15) is 4.79 Å². The number of benzene rings is 2. The standard InChI is InChI=1S/C20H20N2O3S/c1-12-7-8-14(9-13(12)2)19(23)25-15-10-22(11-15)20-21-18-16(24-3)5-4-6-17(18)26-20/h4-9,15H,10-11H2,1-3H3. The second-order valence-corrected chi connectivity index (χ2v) is 7.54. The fourth-order valence-electron chi connectivity index (χ4n) is 2.97. The van der Waals surface area contributed by atoms with Crippen LogP contribution in [-0.4, -0.2) is 37.3 Å². The third-order valence-corrected chi connectivity index (χ3v) is 5.81. The van der Waals surface area contributed by atoms with Crippen LogP contribution in [0.25, 0.3) is 10.2 Å². The Balaban J connectivity index is 1.41. The molecule has 4 rings (SSSR count). The predicted octanol–water partition coefficient (Wildman–Crippen LogP) is 3.97. The number of para-hydroxylation sites is 1. The molecule has 0 unspecified atom stereocenters. The van der Waals surface area contributed by atoms with Gasteiger partial charge in [0.05, 0.1) is 30.5 Å². The fraction of sp³-hybridized carbons (Fsp3) is 0.300. The molecule has 2 heterocycles. The van der Waals surface area contributed by atoms with Crippen LogP contribution in [0.1, 0.15) is 21.5 Å². The molecule has 0 spiro atoms. The fourth-order valence-corrected chi connectivity index (χ4v) is 3.97. The summed E-state index contributed by atoms with van der Waals surface area (Å²) in [5, 5.41) is 0.933. The number of hydrogen-bond acceptors (Lipinski definition) is 6. The predicted molar refractivity (Wildman–Crippen MR) is 104 cm³/mol. The summed E-state index contributed by atoms with van der Waals surface area (Å²) in [5.74, 6) is 0.520. The van der Waals surface area contributed by atoms with Crippen molar-refractivity contribution in [3.05, 3.63) is 53.1 Å². The SMILES string of the molecule is COc1cccc2sc(N3CC(OC(=O)c4ccc(C)c(C)c4)C3)nc12. The van der Waals surface area contributed by atoms with Crippen molar-refractivity contribution < 1.29 is 14.3 Å². The lowest BCUT2D eigenvalue weighted by Gasteiger charge is -2.38. The van der Waals surface area contributed by atoms with Gasteiger partial charge in [-0.05, 0) is 49.2 Å². The zero-order valence-electron chi connectivity index (χ0n) is 15.0. The summed E-state index contributed by atoms with van der Waals surface area (Å²) < 4.78 is 12.1. The average Bonchev–Trinajstić information content (AvgIpc) is 3.03. The molecule has 1 aliphatic rings. The zero-order valence-corrected chi connectivity index (χ0v) is 15.8. The van der Waals surface area contributed by atoms with Gasteiger partial charge in [0.15, 0.2) is 5.13 Å². The molecule has 0 radical (unpaired) electrons. The zero-order chi connectivity index (χ0) is 18.3. The number of nitrogens with zero attached hydrogens (tertiary/aromatic N) is 2. The van der Waals surface area contributed by atoms with Gasteiger partial charge in [0, 0.05) is 0 Å². The van der Waals surface area contributed by atoms with Gasteiger partial charge in [-0.15, -0.1) is 0 Å². The van der Waals surface area contributed by atoms with Crippen molar-refractivity contribution >= 4 is 32.7 Å². The Morgan fingerprint density at radius 3 is 2.73 bits per heavy atom. The smallest absolute Gasteiger partial charge is 0.338 e. The minimum Gasteiger partial charge on any atom is -0.494 e. The molecule has 5 nitrogen and oxygen atoms in total. The Morgan fingerprint density at radius 2 is 2.00 bits per heavy atom. The molecule has 0 saturated carbocycles. The summed E-state index contributed by atoms with van der Waals surface area (Å²) in [6, 6.07) is 11.6. The highest BCUT2D eigenvalue weighted by Gasteiger charge is 2.32. The van der Waals surface area contributed by atoms with E-state index in [-0.39, 0.29) is 12.1 Å². The first kappa shape index (κ1) is 16.8. The minimum atomic E-state index is -0.260. The van der Waals surface area contributed by atoms with Crippen LogP contribution in [0.5, 0.6) is 5.75 Å². The van der Waals surface area contributed by atoms with Gasteiger partial charge in [-0.25, -0.2) is 9.78 Å². The molecule has 2 aromatic carbocycles. The molecule has 6 heteroatoms. The highest BCUT2D eigenvalue weighted by Crippen LogP contribution is 2.36. The number of aromatic nitrogens is 1. The number of fused-ring (bicyclic) bond motifs is 1. The molecule has 26 heavy (non-hydrogen) atoms. The largest absolute Gasteiger partial charge is 0.494 e. The van der Waals surface area contributed by atoms with Crippen molar-refractivity contribution in [3.8, 4) is 5.75 Å². The molecule has 1 saturated heterocycles. The van der Waals surface area contributed by atoms with Crippen LogP contribution in [0.3, 0.4) is 0 Å². The number of rotatable bonds is 4. The second-order valence-electron chi connectivity index (χ2n) is 6.53. The number of methoxy groups -OCH3 is 1. The van der Waals surface area contributed by atoms with Gasteiger partial charge >= 0.3 is 5.97 Å². The summed E-state index contributed by atoms with van der Waals surface area (Å²) in [6.45, 7) is 5.36. The molecule has 1 aliphatic heterocycles. The molecule has 0 aliphatic carbocycles. The van der Waals surface area contributed by atoms with Crippen LogP contribution in [0.4, 0.5) is 5.13 Å². The van der Waals surface area contributed by atoms with Crippen LogP contribution in [0.2, 0.25) is 0 Å². The molecule has 3 aromatic rings. The van der Waals surface area contributed by atoms with Crippen LogP contribution in [0.15, 0.2) is 36.4 Å². The van der Waals surface area contributed by atoms with E-state index in [2.05, 4.69) is 9.88 Å². The Bertz CT molecular complexity index is 976. The molecular weight excluding hydrogens is 348 g/mol. The third-order valence-electron chi connectivity index (χ3n) is 4.73. The molecule has 0 atom stereocenters. The van der Waals surface area contributed by atoms with E-state index in [4.69, 9.17) is 9.47 Å². The van der Waals surface area contributed by atoms with E-state index in [0.717, 1.165) is 26.7 Å². The van der Waals surface area contributed by atoms with E-state index in [1.54, 1.807) is 18.4 Å². The van der Waals surface area contributed by atoms with E-state index < -0.39 is 0 Å². The molecule has 134 valence electrons. The number of carbonyl (C=O) groups is 1. The van der Waals surface area contributed by atoms with Crippen molar-refractivity contribution in [2.24, 2.45) is 0 Å². The van der Waals surface area contributed by atoms with Crippen molar-refractivity contribution in [2.45, 2.75) is 20.0 Å². The number of esters is 1. The number of aryl methyl sites for hydroxylation is 2. The minimum absolute atomic E-state index is 0.0991. The first-order chi connectivity index (χ1) is 12.5. The van der Waals surface area contributed by atoms with E-state index >= 15 is 0 Å². The number of anilines is 1. The lowest BCUT2D eigenvalue weighted by molar-refractivity contribution is 0.0234. The van der Waals surface area contributed by atoms with Gasteiger partial charge in [0.25, 0.3) is 0 Å². The van der Waals surface area contributed by atoms with E-state index in [0.29, 0.717) is 18.7 Å². The van der Waals surface area contributed by atoms with E-state index in [1.165, 1.54) is 5.56 Å². The van der Waals surface area contributed by atoms with Gasteiger partial charge in [0.1, 0.15) is 17.4 Å². The maximum Gasteiger partial charge on any atom is 0.338 e. The summed E-state index contributed by atoms with van der Waals surface area (Å²) in [5.41, 5.74) is 3.75. The highest BCUT2D eigenvalue weighted by atomic mass is 32.1. The molecule has 0 amide bonds. The molecule has 1 aromatic heterocycles. The Kier molecular flexibility index (Phi) is 4.28. The summed E-state index contributed by atoms with van der Waals surface area (Å²) in [4.78, 5) is 19.1. The van der Waals surface area contributed by atoms with Crippen LogP contribution < -0.4 is 9.64 Å². The van der Waals surface area contributed by atoms with E-state index in [1.807, 2.05) is 50.2 Å². The van der Waals surface area contributed by atoms with Crippen LogP contribution in [-0.2, 0) is 4.74 Å². The second kappa shape index (κ2) is 6.61. The summed E-state index contributed by atoms with van der Waals surface area (Å²) in [6.07, 6.45) is -0.0991. The van der Waals surface area contributed by atoms with Crippen molar-refractivity contribution in [3.63, 3.8) is 0 Å². The van der Waals surface area contributed by atoms with Crippen molar-refractivity contribution in [2.75, 3.05) is 25.1 Å². The number of hydrogen-bond donors (Lipinski definition) is 0. The van der Waals surface area contributed by atoms with Gasteiger partial charge in [-0.1, -0.05) is 23.5 Å². The quantitative estimate of drug-likeness (QED) is 0.652. The topological polar surface area (TPSA) is 51.7 Å². The summed E-state index contributed by atoms with van der Waals surface area (Å²) in [7, 11) is 1.65. The molecule has 1 fully saturated rings. The van der Waals surface area contributed by atoms with Crippen molar-refractivity contribution in [1.82, 2.24) is 4.98 Å². The van der Waals surface area contributed by atoms with Gasteiger partial charge in [0.2, 0.25) is 0 Å². The number of carbonyl (C=O) groups excluding carboxylic acids is 1. The Morgan fingerprint density at radius 1 is 1.19 bits per heavy atom. The summed E-state index contributed by atoms with van der Waals surface area (Å²) >= 11 is 1.63. The number of thiazole rings is 1. The van der Waals surface area contributed by atoms with Gasteiger partial charge < -0.3 is 14.4 Å². The van der Waals surface area contributed by atoms with Gasteiger partial charge in [-0.2, -0.15) is 0 Å². The highest BCUT2D eigenvalue weighted by molar-refractivity contribution is 7.22. The Hall–Kier alpha value is -2.60. The van der Waals surface area contributed by atoms with Gasteiger partial charge in [-0.3, -0.25) is 0 Å². The normalized spacial score (nSPS) is 14.3. The first-order valence-corrected chi connectivity index (χ1v) is 9.33. The molecule has 0 N–H and O–H groups in total. The lowest BCUT2D eigenvalue weighted by Crippen LogP contribution is -2.53. The average molecular weight is 368 g/mol. The molecular formula is C20H20N2O3S. The van der Waals surface area contributed by atoms with Crippen LogP contribution in [0, 0.1) is 13.8 Å². The third kappa shape index (κ3) is 3.01. The number of ether oxygens (including phenoxy) is 2. The maximum atomic E-state index is 12.3. The lowest BCUT2D eigenvalue weighted by atomic mass is 10.1. The monoisotopic (exact) mass is 368 g/mol. The first-order valence-electron chi connectivity index (χ1n) is 8.52.